The quantitative estimate of drug-likeness (QED) is 0.455. The molecule has 2 heterocycles. The normalized spacial score (nSPS) is 14.8. The standard InChI is InChI=1S/C26H31N3O2S/c1-19(2)22-10-8-21(9-11-22)17-28-12-14-29(15-13-28)26(30)24-6-4-5-7-25(24)32-18-23-16-20(3)27-31-23/h4-11,16,19H,12-15,17-18H2,1-3H3. The Morgan fingerprint density at radius 2 is 1.78 bits per heavy atom. The van der Waals surface area contributed by atoms with Crippen LogP contribution >= 0.6 is 11.8 Å². The van der Waals surface area contributed by atoms with Gasteiger partial charge in [0.2, 0.25) is 0 Å². The van der Waals surface area contributed by atoms with Gasteiger partial charge in [0.05, 0.1) is 17.0 Å². The first kappa shape index (κ1) is 22.6. The first-order valence-corrected chi connectivity index (χ1v) is 12.2. The lowest BCUT2D eigenvalue weighted by atomic mass is 10.0. The van der Waals surface area contributed by atoms with Crippen molar-refractivity contribution in [2.45, 2.75) is 43.9 Å². The average Bonchev–Trinajstić information content (AvgIpc) is 3.23. The molecule has 168 valence electrons. The van der Waals surface area contributed by atoms with Crippen molar-refractivity contribution in [2.75, 3.05) is 26.2 Å². The molecule has 0 atom stereocenters. The molecule has 32 heavy (non-hydrogen) atoms. The topological polar surface area (TPSA) is 49.6 Å². The highest BCUT2D eigenvalue weighted by Gasteiger charge is 2.24. The van der Waals surface area contributed by atoms with E-state index in [2.05, 4.69) is 48.2 Å². The Morgan fingerprint density at radius 1 is 1.06 bits per heavy atom. The monoisotopic (exact) mass is 449 g/mol. The summed E-state index contributed by atoms with van der Waals surface area (Å²) in [6.45, 7) is 10.6. The van der Waals surface area contributed by atoms with Crippen LogP contribution in [0.3, 0.4) is 0 Å². The molecule has 1 fully saturated rings. The van der Waals surface area contributed by atoms with Gasteiger partial charge >= 0.3 is 0 Å². The summed E-state index contributed by atoms with van der Waals surface area (Å²) >= 11 is 1.62. The summed E-state index contributed by atoms with van der Waals surface area (Å²) in [7, 11) is 0. The van der Waals surface area contributed by atoms with Crippen molar-refractivity contribution in [1.82, 2.24) is 15.0 Å². The molecule has 2 aromatic carbocycles. The van der Waals surface area contributed by atoms with Crippen molar-refractivity contribution in [3.8, 4) is 0 Å². The van der Waals surface area contributed by atoms with E-state index in [1.807, 2.05) is 42.2 Å². The summed E-state index contributed by atoms with van der Waals surface area (Å²) in [6, 6.07) is 18.7. The molecule has 1 aliphatic heterocycles. The van der Waals surface area contributed by atoms with Gasteiger partial charge in [0.15, 0.2) is 0 Å². The van der Waals surface area contributed by atoms with Gasteiger partial charge in [-0.25, -0.2) is 0 Å². The second kappa shape index (κ2) is 10.4. The van der Waals surface area contributed by atoms with E-state index in [4.69, 9.17) is 4.52 Å². The number of nitrogens with zero attached hydrogens (tertiary/aromatic N) is 3. The Hall–Kier alpha value is -2.57. The zero-order valence-corrected chi connectivity index (χ0v) is 19.9. The SMILES string of the molecule is Cc1cc(CSc2ccccc2C(=O)N2CCN(Cc3ccc(C(C)C)cc3)CC2)on1. The lowest BCUT2D eigenvalue weighted by molar-refractivity contribution is 0.0625. The van der Waals surface area contributed by atoms with E-state index in [1.165, 1.54) is 11.1 Å². The zero-order chi connectivity index (χ0) is 22.5. The molecule has 0 bridgehead atoms. The molecule has 4 rings (SSSR count). The van der Waals surface area contributed by atoms with E-state index in [0.29, 0.717) is 11.7 Å². The maximum absolute atomic E-state index is 13.3. The number of hydrogen-bond donors (Lipinski definition) is 0. The fourth-order valence-corrected chi connectivity index (χ4v) is 4.87. The Morgan fingerprint density at radius 3 is 2.44 bits per heavy atom. The summed E-state index contributed by atoms with van der Waals surface area (Å²) in [5.41, 5.74) is 4.35. The number of benzene rings is 2. The number of aromatic nitrogens is 1. The lowest BCUT2D eigenvalue weighted by Crippen LogP contribution is -2.48. The Kier molecular flexibility index (Phi) is 7.33. The zero-order valence-electron chi connectivity index (χ0n) is 19.1. The van der Waals surface area contributed by atoms with E-state index in [9.17, 15) is 4.79 Å². The van der Waals surface area contributed by atoms with Gasteiger partial charge in [0.25, 0.3) is 5.91 Å². The molecule has 0 aliphatic carbocycles. The van der Waals surface area contributed by atoms with Crippen molar-refractivity contribution >= 4 is 17.7 Å². The molecule has 1 aliphatic rings. The van der Waals surface area contributed by atoms with Crippen LogP contribution in [0.25, 0.3) is 0 Å². The molecule has 6 heteroatoms. The van der Waals surface area contributed by atoms with E-state index >= 15 is 0 Å². The van der Waals surface area contributed by atoms with Crippen LogP contribution in [0.5, 0.6) is 0 Å². The summed E-state index contributed by atoms with van der Waals surface area (Å²) in [4.78, 5) is 18.7. The highest BCUT2D eigenvalue weighted by molar-refractivity contribution is 7.98. The Balaban J connectivity index is 1.33. The molecule has 5 nitrogen and oxygen atoms in total. The van der Waals surface area contributed by atoms with Crippen molar-refractivity contribution in [1.29, 1.82) is 0 Å². The van der Waals surface area contributed by atoms with Crippen LogP contribution in [-0.2, 0) is 12.3 Å². The van der Waals surface area contributed by atoms with Gasteiger partial charge in [-0.3, -0.25) is 9.69 Å². The molecule has 0 unspecified atom stereocenters. The largest absolute Gasteiger partial charge is 0.360 e. The first-order chi connectivity index (χ1) is 15.5. The van der Waals surface area contributed by atoms with Crippen LogP contribution in [0.15, 0.2) is 64.0 Å². The van der Waals surface area contributed by atoms with Gasteiger partial charge in [0, 0.05) is 43.7 Å². The highest BCUT2D eigenvalue weighted by atomic mass is 32.2. The Bertz CT molecular complexity index is 1040. The third kappa shape index (κ3) is 5.61. The molecule has 0 spiro atoms. The molecule has 1 aromatic heterocycles. The average molecular weight is 450 g/mol. The van der Waals surface area contributed by atoms with E-state index in [1.54, 1.807) is 11.8 Å². The number of aryl methyl sites for hydroxylation is 1. The van der Waals surface area contributed by atoms with Crippen molar-refractivity contribution < 1.29 is 9.32 Å². The maximum atomic E-state index is 13.3. The van der Waals surface area contributed by atoms with Gasteiger partial charge < -0.3 is 9.42 Å². The molecule has 3 aromatic rings. The molecule has 1 saturated heterocycles. The maximum Gasteiger partial charge on any atom is 0.255 e. The number of piperazine rings is 1. The van der Waals surface area contributed by atoms with Gasteiger partial charge in [-0.15, -0.1) is 11.8 Å². The van der Waals surface area contributed by atoms with E-state index in [-0.39, 0.29) is 5.91 Å². The summed E-state index contributed by atoms with van der Waals surface area (Å²) in [5.74, 6) is 2.15. The van der Waals surface area contributed by atoms with Crippen molar-refractivity contribution in [3.63, 3.8) is 0 Å². The molecule has 1 amide bonds. The van der Waals surface area contributed by atoms with Crippen LogP contribution < -0.4 is 0 Å². The summed E-state index contributed by atoms with van der Waals surface area (Å²) < 4.78 is 5.31. The van der Waals surface area contributed by atoms with Crippen LogP contribution in [-0.4, -0.2) is 47.0 Å². The fourth-order valence-electron chi connectivity index (χ4n) is 3.95. The molecule has 0 N–H and O–H groups in total. The second-order valence-electron chi connectivity index (χ2n) is 8.68. The number of hydrogen-bond acceptors (Lipinski definition) is 5. The number of carbonyl (C=O) groups excluding carboxylic acids is 1. The number of carbonyl (C=O) groups is 1. The number of rotatable bonds is 7. The van der Waals surface area contributed by atoms with Crippen LogP contribution in [0.1, 0.15) is 52.7 Å². The molecular formula is C26H31N3O2S. The van der Waals surface area contributed by atoms with Crippen molar-refractivity contribution in [2.24, 2.45) is 0 Å². The predicted molar refractivity (Wildman–Crippen MR) is 129 cm³/mol. The molecule has 0 radical (unpaired) electrons. The van der Waals surface area contributed by atoms with Gasteiger partial charge in [-0.05, 0) is 36.1 Å². The lowest BCUT2D eigenvalue weighted by Gasteiger charge is -2.35. The van der Waals surface area contributed by atoms with Crippen LogP contribution in [0.4, 0.5) is 0 Å². The van der Waals surface area contributed by atoms with Crippen LogP contribution in [0.2, 0.25) is 0 Å². The minimum absolute atomic E-state index is 0.114. The summed E-state index contributed by atoms with van der Waals surface area (Å²) in [5, 5.41) is 3.94. The van der Waals surface area contributed by atoms with Crippen molar-refractivity contribution in [3.05, 3.63) is 82.7 Å². The molecular weight excluding hydrogens is 418 g/mol. The van der Waals surface area contributed by atoms with Gasteiger partial charge in [-0.2, -0.15) is 0 Å². The minimum atomic E-state index is 0.114. The van der Waals surface area contributed by atoms with Gasteiger partial charge in [0.1, 0.15) is 5.76 Å². The highest BCUT2D eigenvalue weighted by Crippen LogP contribution is 2.28. The van der Waals surface area contributed by atoms with E-state index in [0.717, 1.165) is 54.6 Å². The van der Waals surface area contributed by atoms with Gasteiger partial charge in [-0.1, -0.05) is 55.4 Å². The van der Waals surface area contributed by atoms with E-state index < -0.39 is 0 Å². The first-order valence-electron chi connectivity index (χ1n) is 11.2. The second-order valence-corrected chi connectivity index (χ2v) is 9.70. The smallest absolute Gasteiger partial charge is 0.255 e. The third-order valence-corrected chi connectivity index (χ3v) is 6.97. The third-order valence-electron chi connectivity index (χ3n) is 5.88. The Labute approximate surface area is 194 Å². The predicted octanol–water partition coefficient (Wildman–Crippen LogP) is 5.36. The number of thioether (sulfide) groups is 1. The summed E-state index contributed by atoms with van der Waals surface area (Å²) in [6.07, 6.45) is 0. The van der Waals surface area contributed by atoms with Crippen LogP contribution in [0, 0.1) is 6.92 Å². The number of amides is 1. The minimum Gasteiger partial charge on any atom is -0.360 e. The fraction of sp³-hybridized carbons (Fsp3) is 0.385. The molecule has 0 saturated carbocycles.